The number of hydrogen-bond acceptors (Lipinski definition) is 7. The van der Waals surface area contributed by atoms with Gasteiger partial charge in [0, 0.05) is 54.6 Å². The first-order valence-electron chi connectivity index (χ1n) is 14.4. The predicted octanol–water partition coefficient (Wildman–Crippen LogP) is 4.93. The summed E-state index contributed by atoms with van der Waals surface area (Å²) in [5, 5.41) is 12.8. The number of piperidine rings is 1. The second-order valence-electron chi connectivity index (χ2n) is 11.5. The Morgan fingerprint density at radius 3 is 2.67 bits per heavy atom. The number of nitrogens with one attached hydrogen (secondary N) is 1. The first kappa shape index (κ1) is 28.2. The van der Waals surface area contributed by atoms with E-state index in [2.05, 4.69) is 25.2 Å². The van der Waals surface area contributed by atoms with Gasteiger partial charge in [0.05, 0.1) is 23.9 Å². The van der Waals surface area contributed by atoms with Crippen molar-refractivity contribution >= 4 is 28.6 Å². The van der Waals surface area contributed by atoms with E-state index < -0.39 is 11.6 Å². The lowest BCUT2D eigenvalue weighted by Crippen LogP contribution is -2.48. The third kappa shape index (κ3) is 5.22. The molecule has 1 aromatic carbocycles. The largest absolute Gasteiger partial charge is 0.395 e. The van der Waals surface area contributed by atoms with Gasteiger partial charge in [-0.05, 0) is 76.4 Å². The van der Waals surface area contributed by atoms with E-state index in [1.54, 1.807) is 24.3 Å². The molecule has 6 rings (SSSR count). The van der Waals surface area contributed by atoms with Crippen molar-refractivity contribution in [3.05, 3.63) is 65.6 Å². The topological polar surface area (TPSA) is 99.4 Å². The molecule has 0 spiro atoms. The van der Waals surface area contributed by atoms with E-state index in [0.29, 0.717) is 59.4 Å². The van der Waals surface area contributed by atoms with Gasteiger partial charge < -0.3 is 19.9 Å². The fourth-order valence-corrected chi connectivity index (χ4v) is 6.63. The third-order valence-corrected chi connectivity index (χ3v) is 8.51. The van der Waals surface area contributed by atoms with Crippen LogP contribution in [0.2, 0.25) is 0 Å². The van der Waals surface area contributed by atoms with E-state index in [-0.39, 0.29) is 30.2 Å². The standard InChI is InChI=1S/C31H35F2N7O2/c1-18(2)40-19(3)12-23-24(32)13-22(14-27(23)40)29-25(33)16-35-31(37-29)36-28-5-4-20(15-34-28)30(42)39-9-7-26-21(17-39)6-8-38(26)10-11-41/h4-5,12-16,18,21,26,41H,6-11,17H2,1-3H3,(H,34,35,36,37). The Bertz CT molecular complexity index is 1620. The lowest BCUT2D eigenvalue weighted by molar-refractivity contribution is 0.0581. The number of aliphatic hydroxyl groups is 1. The number of aryl methyl sites for hydroxylation is 1. The minimum atomic E-state index is -0.668. The summed E-state index contributed by atoms with van der Waals surface area (Å²) in [7, 11) is 0. The molecule has 2 fully saturated rings. The summed E-state index contributed by atoms with van der Waals surface area (Å²) >= 11 is 0. The summed E-state index contributed by atoms with van der Waals surface area (Å²) in [5.41, 5.74) is 2.36. The number of carbonyl (C=O) groups excluding carboxylic acids is 1. The maximum Gasteiger partial charge on any atom is 0.255 e. The number of anilines is 2. The monoisotopic (exact) mass is 575 g/mol. The number of halogens is 2. The number of nitrogens with zero attached hydrogens (tertiary/aromatic N) is 6. The predicted molar refractivity (Wildman–Crippen MR) is 157 cm³/mol. The second kappa shape index (κ2) is 11.4. The Balaban J connectivity index is 1.18. The first-order chi connectivity index (χ1) is 20.2. The molecular weight excluding hydrogens is 540 g/mol. The van der Waals surface area contributed by atoms with Crippen LogP contribution in [0.1, 0.15) is 48.8 Å². The second-order valence-corrected chi connectivity index (χ2v) is 11.5. The van der Waals surface area contributed by atoms with Crippen molar-refractivity contribution in [2.45, 2.75) is 45.7 Å². The van der Waals surface area contributed by atoms with Crippen LogP contribution in [0, 0.1) is 24.5 Å². The van der Waals surface area contributed by atoms with Gasteiger partial charge in [-0.2, -0.15) is 0 Å². The average Bonchev–Trinajstić information content (AvgIpc) is 3.54. The highest BCUT2D eigenvalue weighted by Crippen LogP contribution is 2.33. The van der Waals surface area contributed by atoms with Crippen LogP contribution in [-0.2, 0) is 0 Å². The van der Waals surface area contributed by atoms with E-state index in [9.17, 15) is 14.3 Å². The first-order valence-corrected chi connectivity index (χ1v) is 14.4. The molecule has 2 aliphatic rings. The Hall–Kier alpha value is -3.96. The minimum absolute atomic E-state index is 0.0258. The fourth-order valence-electron chi connectivity index (χ4n) is 6.63. The zero-order valence-electron chi connectivity index (χ0n) is 24.0. The Kier molecular flexibility index (Phi) is 7.63. The molecule has 0 saturated carbocycles. The molecule has 1 amide bonds. The van der Waals surface area contributed by atoms with Crippen molar-refractivity contribution in [2.75, 3.05) is 38.1 Å². The van der Waals surface area contributed by atoms with Crippen LogP contribution in [-0.4, -0.2) is 79.2 Å². The molecule has 9 nitrogen and oxygen atoms in total. The molecular formula is C31H35F2N7O2. The van der Waals surface area contributed by atoms with Crippen molar-refractivity contribution in [3.63, 3.8) is 0 Å². The molecule has 0 aliphatic carbocycles. The molecule has 5 heterocycles. The van der Waals surface area contributed by atoms with E-state index in [1.807, 2.05) is 30.2 Å². The molecule has 220 valence electrons. The van der Waals surface area contributed by atoms with Gasteiger partial charge in [0.25, 0.3) is 5.91 Å². The number of β-amino-alcohol motifs (C(OH)–C–C–N with tert-alkyl or cyclic N) is 1. The van der Waals surface area contributed by atoms with Gasteiger partial charge in [0.15, 0.2) is 5.82 Å². The summed E-state index contributed by atoms with van der Waals surface area (Å²) < 4.78 is 32.0. The van der Waals surface area contributed by atoms with Crippen LogP contribution >= 0.6 is 0 Å². The molecule has 0 radical (unpaired) electrons. The van der Waals surface area contributed by atoms with Gasteiger partial charge in [-0.1, -0.05) is 0 Å². The van der Waals surface area contributed by atoms with Crippen molar-refractivity contribution in [1.82, 2.24) is 29.3 Å². The number of aliphatic hydroxyl groups excluding tert-OH is 1. The van der Waals surface area contributed by atoms with Crippen LogP contribution in [0.5, 0.6) is 0 Å². The number of benzene rings is 1. The number of carbonyl (C=O) groups is 1. The zero-order valence-corrected chi connectivity index (χ0v) is 24.0. The van der Waals surface area contributed by atoms with E-state index in [4.69, 9.17) is 0 Å². The van der Waals surface area contributed by atoms with Gasteiger partial charge in [-0.15, -0.1) is 0 Å². The maximum atomic E-state index is 15.1. The normalized spacial score (nSPS) is 19.1. The van der Waals surface area contributed by atoms with Crippen molar-refractivity contribution in [2.24, 2.45) is 5.92 Å². The molecule has 2 N–H and O–H groups in total. The third-order valence-electron chi connectivity index (χ3n) is 8.51. The molecule has 0 bridgehead atoms. The summed E-state index contributed by atoms with van der Waals surface area (Å²) in [5.74, 6) is -0.265. The van der Waals surface area contributed by atoms with Crippen LogP contribution in [0.3, 0.4) is 0 Å². The fraction of sp³-hybridized carbons (Fsp3) is 0.419. The van der Waals surface area contributed by atoms with Gasteiger partial charge in [0.2, 0.25) is 5.95 Å². The van der Waals surface area contributed by atoms with E-state index >= 15 is 4.39 Å². The van der Waals surface area contributed by atoms with Crippen molar-refractivity contribution in [1.29, 1.82) is 0 Å². The summed E-state index contributed by atoms with van der Waals surface area (Å²) in [6.45, 7) is 9.12. The highest BCUT2D eigenvalue weighted by Gasteiger charge is 2.39. The smallest absolute Gasteiger partial charge is 0.255 e. The highest BCUT2D eigenvalue weighted by atomic mass is 19.1. The van der Waals surface area contributed by atoms with Gasteiger partial charge in [-0.25, -0.2) is 23.7 Å². The van der Waals surface area contributed by atoms with Gasteiger partial charge in [0.1, 0.15) is 17.3 Å². The lowest BCUT2D eigenvalue weighted by atomic mass is 9.92. The maximum absolute atomic E-state index is 15.1. The molecule has 42 heavy (non-hydrogen) atoms. The summed E-state index contributed by atoms with van der Waals surface area (Å²) in [6, 6.07) is 8.72. The molecule has 3 aromatic heterocycles. The molecule has 2 saturated heterocycles. The molecule has 4 aromatic rings. The van der Waals surface area contributed by atoms with Crippen molar-refractivity contribution in [3.8, 4) is 11.3 Å². The number of amides is 1. The lowest BCUT2D eigenvalue weighted by Gasteiger charge is -2.38. The van der Waals surface area contributed by atoms with Crippen LogP contribution < -0.4 is 5.32 Å². The Morgan fingerprint density at radius 1 is 1.10 bits per heavy atom. The number of pyridine rings is 1. The quantitative estimate of drug-likeness (QED) is 0.322. The van der Waals surface area contributed by atoms with Crippen LogP contribution in [0.4, 0.5) is 20.5 Å². The number of hydrogen-bond donors (Lipinski definition) is 2. The number of likely N-dealkylation sites (tertiary alicyclic amines) is 2. The SMILES string of the molecule is Cc1cc2c(F)cc(-c3nc(Nc4ccc(C(=O)N5CCC6C(CCN6CCO)C5)cn4)ncc3F)cc2n1C(C)C. The zero-order chi connectivity index (χ0) is 29.5. The van der Waals surface area contributed by atoms with Crippen LogP contribution in [0.25, 0.3) is 22.2 Å². The molecule has 2 aliphatic heterocycles. The van der Waals surface area contributed by atoms with Gasteiger partial charge >= 0.3 is 0 Å². The van der Waals surface area contributed by atoms with Crippen LogP contribution in [0.15, 0.2) is 42.7 Å². The summed E-state index contributed by atoms with van der Waals surface area (Å²) in [6.07, 6.45) is 4.48. The average molecular weight is 576 g/mol. The number of fused-ring (bicyclic) bond motifs is 2. The number of aromatic nitrogens is 4. The van der Waals surface area contributed by atoms with Crippen molar-refractivity contribution < 1.29 is 18.7 Å². The summed E-state index contributed by atoms with van der Waals surface area (Å²) in [4.78, 5) is 30.2. The minimum Gasteiger partial charge on any atom is -0.395 e. The highest BCUT2D eigenvalue weighted by molar-refractivity contribution is 5.94. The Morgan fingerprint density at radius 2 is 1.93 bits per heavy atom. The molecule has 2 atom stereocenters. The molecule has 2 unspecified atom stereocenters. The molecule has 11 heteroatoms. The number of rotatable bonds is 7. The Labute approximate surface area is 243 Å². The van der Waals surface area contributed by atoms with E-state index in [0.717, 1.165) is 31.3 Å². The van der Waals surface area contributed by atoms with E-state index in [1.165, 1.54) is 12.3 Å². The van der Waals surface area contributed by atoms with Gasteiger partial charge in [-0.3, -0.25) is 9.69 Å².